The van der Waals surface area contributed by atoms with Gasteiger partial charge in [-0.05, 0) is 51.5 Å². The first-order valence-corrected chi connectivity index (χ1v) is 10.1. The SMILES string of the molecule is Cc1ccc(C)n1CCN1CCN(C(=S)NC(=O)[C@]2(C)CC2(Cl)Cl)CC1. The molecule has 0 radical (unpaired) electrons. The Balaban J connectivity index is 1.43. The van der Waals surface area contributed by atoms with Gasteiger partial charge in [0.1, 0.15) is 4.33 Å². The van der Waals surface area contributed by atoms with Crippen LogP contribution in [0, 0.1) is 19.3 Å². The van der Waals surface area contributed by atoms with Gasteiger partial charge in [0.2, 0.25) is 5.91 Å². The van der Waals surface area contributed by atoms with Crippen LogP contribution in [0.5, 0.6) is 0 Å². The monoisotopic (exact) mass is 416 g/mol. The Hall–Kier alpha value is -0.820. The third-order valence-electron chi connectivity index (χ3n) is 5.70. The zero-order valence-corrected chi connectivity index (χ0v) is 17.8. The first-order chi connectivity index (χ1) is 12.1. The van der Waals surface area contributed by atoms with Crippen LogP contribution in [0.15, 0.2) is 12.1 Å². The summed E-state index contributed by atoms with van der Waals surface area (Å²) >= 11 is 17.5. The van der Waals surface area contributed by atoms with Gasteiger partial charge in [0, 0.05) is 50.7 Å². The van der Waals surface area contributed by atoms with E-state index in [0.717, 1.165) is 39.3 Å². The molecule has 1 atom stereocenters. The second kappa shape index (κ2) is 7.30. The maximum Gasteiger partial charge on any atom is 0.235 e. The van der Waals surface area contributed by atoms with Crippen molar-refractivity contribution in [2.75, 3.05) is 32.7 Å². The van der Waals surface area contributed by atoms with Crippen molar-refractivity contribution in [3.63, 3.8) is 0 Å². The number of thiocarbonyl (C=S) groups is 1. The number of aryl methyl sites for hydroxylation is 2. The number of hydrogen-bond acceptors (Lipinski definition) is 3. The van der Waals surface area contributed by atoms with Gasteiger partial charge >= 0.3 is 0 Å². The number of piperazine rings is 1. The summed E-state index contributed by atoms with van der Waals surface area (Å²) in [6, 6.07) is 4.32. The molecule has 2 heterocycles. The van der Waals surface area contributed by atoms with Crippen LogP contribution in [-0.4, -0.2) is 62.4 Å². The van der Waals surface area contributed by atoms with Crippen LogP contribution in [0.2, 0.25) is 0 Å². The van der Waals surface area contributed by atoms with Gasteiger partial charge in [-0.2, -0.15) is 0 Å². The van der Waals surface area contributed by atoms with Crippen LogP contribution in [0.25, 0.3) is 0 Å². The summed E-state index contributed by atoms with van der Waals surface area (Å²) in [4.78, 5) is 16.8. The minimum absolute atomic E-state index is 0.187. The number of carbonyl (C=O) groups excluding carboxylic acids is 1. The molecule has 144 valence electrons. The highest BCUT2D eigenvalue weighted by atomic mass is 35.5. The lowest BCUT2D eigenvalue weighted by atomic mass is 10.1. The molecule has 0 bridgehead atoms. The van der Waals surface area contributed by atoms with Crippen LogP contribution < -0.4 is 5.32 Å². The van der Waals surface area contributed by atoms with E-state index in [1.807, 2.05) is 4.90 Å². The summed E-state index contributed by atoms with van der Waals surface area (Å²) < 4.78 is 1.37. The second-order valence-corrected chi connectivity index (χ2v) is 9.44. The number of carbonyl (C=O) groups is 1. The van der Waals surface area contributed by atoms with Crippen molar-refractivity contribution in [3.05, 3.63) is 23.5 Å². The molecular weight excluding hydrogens is 391 g/mol. The summed E-state index contributed by atoms with van der Waals surface area (Å²) in [6.07, 6.45) is 0.462. The molecule has 1 aliphatic heterocycles. The summed E-state index contributed by atoms with van der Waals surface area (Å²) in [6.45, 7) is 11.6. The highest BCUT2D eigenvalue weighted by Crippen LogP contribution is 2.63. The largest absolute Gasteiger partial charge is 0.348 e. The van der Waals surface area contributed by atoms with E-state index in [9.17, 15) is 4.79 Å². The van der Waals surface area contributed by atoms with Crippen molar-refractivity contribution < 1.29 is 4.79 Å². The van der Waals surface area contributed by atoms with Crippen LogP contribution >= 0.6 is 35.4 Å². The van der Waals surface area contributed by atoms with Gasteiger partial charge in [0.05, 0.1) is 5.41 Å². The van der Waals surface area contributed by atoms with E-state index in [4.69, 9.17) is 35.4 Å². The lowest BCUT2D eigenvalue weighted by molar-refractivity contribution is -0.124. The second-order valence-electron chi connectivity index (χ2n) is 7.57. The third-order valence-corrected chi connectivity index (χ3v) is 7.16. The average molecular weight is 417 g/mol. The van der Waals surface area contributed by atoms with E-state index in [2.05, 4.69) is 40.8 Å². The molecule has 1 aliphatic carbocycles. The van der Waals surface area contributed by atoms with E-state index in [-0.39, 0.29) is 5.91 Å². The van der Waals surface area contributed by atoms with Crippen LogP contribution in [0.1, 0.15) is 24.7 Å². The molecule has 5 nitrogen and oxygen atoms in total. The first-order valence-electron chi connectivity index (χ1n) is 8.97. The molecule has 1 aromatic rings. The number of aromatic nitrogens is 1. The standard InChI is InChI=1S/C18H26Cl2N4OS/c1-13-4-5-14(2)24(13)11-8-22-6-9-23(10-7-22)16(26)21-15(25)17(3)12-18(17,19)20/h4-5H,6-12H2,1-3H3,(H,21,25,26)/t17-/m0/s1. The van der Waals surface area contributed by atoms with Gasteiger partial charge in [0.25, 0.3) is 0 Å². The molecule has 0 spiro atoms. The van der Waals surface area contributed by atoms with Crippen molar-refractivity contribution in [1.29, 1.82) is 0 Å². The highest BCUT2D eigenvalue weighted by molar-refractivity contribution is 7.80. The Bertz CT molecular complexity index is 693. The zero-order chi connectivity index (χ0) is 19.1. The Kier molecular flexibility index (Phi) is 5.60. The zero-order valence-electron chi connectivity index (χ0n) is 15.5. The fourth-order valence-electron chi connectivity index (χ4n) is 3.43. The number of nitrogens with one attached hydrogen (secondary N) is 1. The van der Waals surface area contributed by atoms with Crippen LogP contribution in [0.4, 0.5) is 0 Å². The molecule has 1 amide bonds. The Morgan fingerprint density at radius 1 is 1.15 bits per heavy atom. The van der Waals surface area contributed by atoms with E-state index >= 15 is 0 Å². The molecule has 1 N–H and O–H groups in total. The molecule has 2 fully saturated rings. The van der Waals surface area contributed by atoms with E-state index in [1.165, 1.54) is 11.4 Å². The van der Waals surface area contributed by atoms with E-state index in [1.54, 1.807) is 6.92 Å². The van der Waals surface area contributed by atoms with Gasteiger partial charge in [-0.1, -0.05) is 0 Å². The molecule has 1 saturated heterocycles. The van der Waals surface area contributed by atoms with E-state index < -0.39 is 9.75 Å². The number of alkyl halides is 2. The van der Waals surface area contributed by atoms with Gasteiger partial charge in [-0.15, -0.1) is 23.2 Å². The lowest BCUT2D eigenvalue weighted by Gasteiger charge is -2.36. The lowest BCUT2D eigenvalue weighted by Crippen LogP contribution is -2.54. The Morgan fingerprint density at radius 2 is 1.69 bits per heavy atom. The molecule has 1 aromatic heterocycles. The van der Waals surface area contributed by atoms with E-state index in [0.29, 0.717) is 11.5 Å². The summed E-state index contributed by atoms with van der Waals surface area (Å²) in [5, 5.41) is 3.29. The minimum Gasteiger partial charge on any atom is -0.348 e. The predicted octanol–water partition coefficient (Wildman–Crippen LogP) is 2.71. The van der Waals surface area contributed by atoms with Crippen molar-refractivity contribution in [1.82, 2.24) is 19.7 Å². The number of hydrogen-bond donors (Lipinski definition) is 1. The summed E-state index contributed by atoms with van der Waals surface area (Å²) in [5.41, 5.74) is 1.86. The fraction of sp³-hybridized carbons (Fsp3) is 0.667. The predicted molar refractivity (Wildman–Crippen MR) is 110 cm³/mol. The Morgan fingerprint density at radius 3 is 2.19 bits per heavy atom. The molecule has 3 rings (SSSR count). The first kappa shape index (κ1) is 19.9. The molecule has 0 aromatic carbocycles. The molecule has 2 aliphatic rings. The molecule has 26 heavy (non-hydrogen) atoms. The summed E-state index contributed by atoms with van der Waals surface area (Å²) in [5.74, 6) is -0.187. The van der Waals surface area contributed by atoms with Crippen molar-refractivity contribution in [2.45, 2.75) is 38.1 Å². The Labute approximate surface area is 170 Å². The van der Waals surface area contributed by atoms with Crippen LogP contribution in [0.3, 0.4) is 0 Å². The van der Waals surface area contributed by atoms with Gasteiger partial charge < -0.3 is 14.8 Å². The highest BCUT2D eigenvalue weighted by Gasteiger charge is 2.68. The number of amides is 1. The smallest absolute Gasteiger partial charge is 0.235 e. The molecule has 1 saturated carbocycles. The minimum atomic E-state index is -0.972. The summed E-state index contributed by atoms with van der Waals surface area (Å²) in [7, 11) is 0. The van der Waals surface area contributed by atoms with Gasteiger partial charge in [-0.25, -0.2) is 0 Å². The van der Waals surface area contributed by atoms with Crippen LogP contribution in [-0.2, 0) is 11.3 Å². The third kappa shape index (κ3) is 3.88. The van der Waals surface area contributed by atoms with Crippen molar-refractivity contribution in [2.24, 2.45) is 5.41 Å². The van der Waals surface area contributed by atoms with Gasteiger partial charge in [0.15, 0.2) is 5.11 Å². The maximum absolute atomic E-state index is 12.4. The molecule has 0 unspecified atom stereocenters. The number of nitrogens with zero attached hydrogens (tertiary/aromatic N) is 3. The normalized spacial score (nSPS) is 25.2. The van der Waals surface area contributed by atoms with Crippen molar-refractivity contribution in [3.8, 4) is 0 Å². The molecule has 8 heteroatoms. The average Bonchev–Trinajstić information content (AvgIpc) is 2.95. The fourth-order valence-corrected chi connectivity index (χ4v) is 4.41. The quantitative estimate of drug-likeness (QED) is 0.604. The van der Waals surface area contributed by atoms with Gasteiger partial charge in [-0.3, -0.25) is 9.69 Å². The number of rotatable bonds is 4. The van der Waals surface area contributed by atoms with Crippen molar-refractivity contribution >= 4 is 46.4 Å². The maximum atomic E-state index is 12.4. The molecular formula is C18H26Cl2N4OS. The topological polar surface area (TPSA) is 40.5 Å². The number of halogens is 2.